The van der Waals surface area contributed by atoms with Gasteiger partial charge >= 0.3 is 0 Å². The number of thiophene rings is 1. The monoisotopic (exact) mass is 524 g/mol. The molecule has 2 heterocycles. The van der Waals surface area contributed by atoms with Crippen molar-refractivity contribution in [1.29, 1.82) is 0 Å². The molecule has 4 aromatic rings. The molecule has 2 aromatic heterocycles. The van der Waals surface area contributed by atoms with Crippen molar-refractivity contribution in [2.75, 3.05) is 17.1 Å². The normalized spacial score (nSPS) is 11.4. The van der Waals surface area contributed by atoms with E-state index in [4.69, 9.17) is 4.52 Å². The lowest BCUT2D eigenvalue weighted by molar-refractivity contribution is 0.0734. The molecule has 0 saturated heterocycles. The second-order valence-corrected chi connectivity index (χ2v) is 11.4. The number of hydrogen-bond donors (Lipinski definition) is 0. The van der Waals surface area contributed by atoms with Gasteiger partial charge in [0.05, 0.1) is 23.4 Å². The maximum Gasteiger partial charge on any atom is 0.254 e. The fourth-order valence-electron chi connectivity index (χ4n) is 3.98. The lowest BCUT2D eigenvalue weighted by atomic mass is 10.1. The number of nitrogens with zero attached hydrogens (tertiary/aromatic N) is 4. The number of para-hydroxylation sites is 1. The van der Waals surface area contributed by atoms with Crippen molar-refractivity contribution in [3.05, 3.63) is 88.1 Å². The maximum atomic E-state index is 13.2. The van der Waals surface area contributed by atoms with Crippen LogP contribution in [0.4, 0.5) is 5.69 Å². The molecule has 0 fully saturated rings. The maximum absolute atomic E-state index is 13.2. The second-order valence-electron chi connectivity index (χ2n) is 8.52. The number of aryl methyl sites for hydroxylation is 2. The molecule has 0 spiro atoms. The van der Waals surface area contributed by atoms with Crippen LogP contribution in [0.5, 0.6) is 0 Å². The third-order valence-electron chi connectivity index (χ3n) is 5.82. The van der Waals surface area contributed by atoms with Gasteiger partial charge in [-0.1, -0.05) is 41.6 Å². The van der Waals surface area contributed by atoms with Crippen LogP contribution < -0.4 is 4.31 Å². The summed E-state index contributed by atoms with van der Waals surface area (Å²) in [4.78, 5) is 20.1. The molecular formula is C26H28N4O4S2. The summed E-state index contributed by atoms with van der Waals surface area (Å²) in [6.07, 6.45) is 1.21. The number of benzene rings is 2. The molecule has 4 rings (SSSR count). The van der Waals surface area contributed by atoms with Gasteiger partial charge in [-0.3, -0.25) is 9.10 Å². The lowest BCUT2D eigenvalue weighted by Crippen LogP contribution is -2.31. The molecule has 36 heavy (non-hydrogen) atoms. The highest BCUT2D eigenvalue weighted by Crippen LogP contribution is 2.28. The zero-order chi connectivity index (χ0) is 25.9. The summed E-state index contributed by atoms with van der Waals surface area (Å²) in [5, 5.41) is 5.95. The van der Waals surface area contributed by atoms with Gasteiger partial charge in [0.25, 0.3) is 5.91 Å². The van der Waals surface area contributed by atoms with Crippen molar-refractivity contribution in [2.24, 2.45) is 0 Å². The van der Waals surface area contributed by atoms with E-state index >= 15 is 0 Å². The largest absolute Gasteiger partial charge is 0.337 e. The number of carbonyl (C=O) groups is 1. The van der Waals surface area contributed by atoms with Crippen molar-refractivity contribution >= 4 is 33.0 Å². The van der Waals surface area contributed by atoms with Crippen LogP contribution in [0.2, 0.25) is 0 Å². The predicted molar refractivity (Wildman–Crippen MR) is 141 cm³/mol. The van der Waals surface area contributed by atoms with Gasteiger partial charge in [-0.15, -0.1) is 11.3 Å². The number of carbonyl (C=O) groups excluding carboxylic acids is 1. The first-order chi connectivity index (χ1) is 17.2. The van der Waals surface area contributed by atoms with Crippen LogP contribution in [0.25, 0.3) is 10.7 Å². The van der Waals surface area contributed by atoms with Gasteiger partial charge in [0.2, 0.25) is 21.7 Å². The predicted octanol–water partition coefficient (Wildman–Crippen LogP) is 5.04. The van der Waals surface area contributed by atoms with Gasteiger partial charge in [0.1, 0.15) is 6.54 Å². The summed E-state index contributed by atoms with van der Waals surface area (Å²) in [5.74, 6) is 0.699. The first-order valence-corrected chi connectivity index (χ1v) is 14.2. The number of amides is 1. The van der Waals surface area contributed by atoms with Gasteiger partial charge in [-0.25, -0.2) is 8.42 Å². The summed E-state index contributed by atoms with van der Waals surface area (Å²) in [6.45, 7) is 6.51. The third-order valence-corrected chi connectivity index (χ3v) is 7.80. The Morgan fingerprint density at radius 2 is 1.69 bits per heavy atom. The molecule has 0 N–H and O–H groups in total. The van der Waals surface area contributed by atoms with Crippen molar-refractivity contribution < 1.29 is 17.7 Å². The molecule has 0 aliphatic carbocycles. The van der Waals surface area contributed by atoms with Crippen LogP contribution in [-0.2, 0) is 23.1 Å². The second kappa shape index (κ2) is 10.6. The molecule has 2 aromatic carbocycles. The minimum absolute atomic E-state index is 0.171. The van der Waals surface area contributed by atoms with Crippen molar-refractivity contribution in [3.8, 4) is 10.7 Å². The molecular weight excluding hydrogens is 496 g/mol. The zero-order valence-corrected chi connectivity index (χ0v) is 22.3. The molecule has 0 radical (unpaired) electrons. The van der Waals surface area contributed by atoms with Gasteiger partial charge < -0.3 is 9.42 Å². The van der Waals surface area contributed by atoms with Crippen molar-refractivity contribution in [3.63, 3.8) is 0 Å². The summed E-state index contributed by atoms with van der Waals surface area (Å²) in [6, 6.07) is 16.5. The molecule has 0 aliphatic heterocycles. The molecule has 8 nitrogen and oxygen atoms in total. The average molecular weight is 525 g/mol. The molecule has 0 unspecified atom stereocenters. The topological polar surface area (TPSA) is 96.6 Å². The Bertz CT molecular complexity index is 1430. The number of aromatic nitrogens is 2. The van der Waals surface area contributed by atoms with Crippen LogP contribution in [0, 0.1) is 13.8 Å². The van der Waals surface area contributed by atoms with Crippen LogP contribution >= 0.6 is 11.3 Å². The van der Waals surface area contributed by atoms with E-state index < -0.39 is 10.0 Å². The Labute approximate surface area is 215 Å². The van der Waals surface area contributed by atoms with E-state index in [1.54, 1.807) is 29.2 Å². The lowest BCUT2D eigenvalue weighted by Gasteiger charge is -2.26. The molecule has 0 aliphatic rings. The van der Waals surface area contributed by atoms with E-state index in [0.717, 1.165) is 21.6 Å². The van der Waals surface area contributed by atoms with E-state index in [2.05, 4.69) is 10.1 Å². The smallest absolute Gasteiger partial charge is 0.254 e. The Balaban J connectivity index is 1.50. The van der Waals surface area contributed by atoms with Crippen LogP contribution in [0.1, 0.15) is 39.9 Å². The summed E-state index contributed by atoms with van der Waals surface area (Å²) >= 11 is 1.52. The zero-order valence-electron chi connectivity index (χ0n) is 20.6. The Morgan fingerprint density at radius 1 is 1.00 bits per heavy atom. The minimum Gasteiger partial charge on any atom is -0.337 e. The van der Waals surface area contributed by atoms with Gasteiger partial charge in [-0.05, 0) is 61.0 Å². The third kappa shape index (κ3) is 5.66. The van der Waals surface area contributed by atoms with Crippen molar-refractivity contribution in [2.45, 2.75) is 33.9 Å². The fourth-order valence-corrected chi connectivity index (χ4v) is 5.63. The van der Waals surface area contributed by atoms with Gasteiger partial charge in [0.15, 0.2) is 0 Å². The van der Waals surface area contributed by atoms with E-state index in [9.17, 15) is 13.2 Å². The molecule has 10 heteroatoms. The molecule has 0 atom stereocenters. The summed E-state index contributed by atoms with van der Waals surface area (Å²) in [7, 11) is -3.52. The highest BCUT2D eigenvalue weighted by molar-refractivity contribution is 7.92. The standard InChI is InChI=1S/C26H28N4O4S2/c1-5-29(17-23-27-25(28-34-23)22-10-7-15-35-22)26(31)21-13-11-20(12-14-21)16-30(36(4,32)33)24-18(2)8-6-9-19(24)3/h6-15H,5,16-17H2,1-4H3. The first-order valence-electron chi connectivity index (χ1n) is 11.5. The number of rotatable bonds is 9. The summed E-state index contributed by atoms with van der Waals surface area (Å²) in [5.41, 5.74) is 3.72. The fraction of sp³-hybridized carbons (Fsp3) is 0.269. The number of anilines is 1. The van der Waals surface area contributed by atoms with Crippen molar-refractivity contribution in [1.82, 2.24) is 15.0 Å². The van der Waals surface area contributed by atoms with Gasteiger partial charge in [-0.2, -0.15) is 4.98 Å². The van der Waals surface area contributed by atoms with Crippen LogP contribution in [-0.4, -0.2) is 42.2 Å². The van der Waals surface area contributed by atoms with E-state index in [1.807, 2.05) is 56.5 Å². The van der Waals surface area contributed by atoms with Gasteiger partial charge in [0, 0.05) is 12.1 Å². The minimum atomic E-state index is -3.52. The van der Waals surface area contributed by atoms with E-state index in [0.29, 0.717) is 29.5 Å². The number of hydrogen-bond acceptors (Lipinski definition) is 7. The quantitative estimate of drug-likeness (QED) is 0.304. The van der Waals surface area contributed by atoms with Crippen LogP contribution in [0.3, 0.4) is 0 Å². The first kappa shape index (κ1) is 25.6. The highest BCUT2D eigenvalue weighted by atomic mass is 32.2. The number of sulfonamides is 1. The molecule has 0 saturated carbocycles. The molecule has 0 bridgehead atoms. The Morgan fingerprint density at radius 3 is 2.28 bits per heavy atom. The van der Waals surface area contributed by atoms with E-state index in [-0.39, 0.29) is 19.0 Å². The Kier molecular flexibility index (Phi) is 7.56. The highest BCUT2D eigenvalue weighted by Gasteiger charge is 2.22. The molecule has 1 amide bonds. The average Bonchev–Trinajstić information content (AvgIpc) is 3.53. The SMILES string of the molecule is CCN(Cc1nc(-c2cccs2)no1)C(=O)c1ccc(CN(c2c(C)cccc2C)S(C)(=O)=O)cc1. The van der Waals surface area contributed by atoms with E-state index in [1.165, 1.54) is 21.9 Å². The molecule has 188 valence electrons. The Hall–Kier alpha value is -3.50. The van der Waals surface area contributed by atoms with Crippen LogP contribution in [0.15, 0.2) is 64.5 Å². The summed E-state index contributed by atoms with van der Waals surface area (Å²) < 4.78 is 32.0.